The van der Waals surface area contributed by atoms with E-state index < -0.39 is 0 Å². The van der Waals surface area contributed by atoms with Gasteiger partial charge in [0.2, 0.25) is 0 Å². The molecule has 4 heteroatoms. The van der Waals surface area contributed by atoms with E-state index in [9.17, 15) is 5.11 Å². The zero-order chi connectivity index (χ0) is 13.8. The maximum absolute atomic E-state index is 9.27. The Balaban J connectivity index is 1.92. The fourth-order valence-electron chi connectivity index (χ4n) is 2.34. The lowest BCUT2D eigenvalue weighted by molar-refractivity contribution is 0.452. The third-order valence-electron chi connectivity index (χ3n) is 3.26. The van der Waals surface area contributed by atoms with Gasteiger partial charge in [0.25, 0.3) is 0 Å². The van der Waals surface area contributed by atoms with Gasteiger partial charge in [0, 0.05) is 25.5 Å². The van der Waals surface area contributed by atoms with E-state index in [1.807, 2.05) is 36.1 Å². The molecule has 19 heavy (non-hydrogen) atoms. The van der Waals surface area contributed by atoms with Crippen molar-refractivity contribution in [2.24, 2.45) is 7.05 Å². The van der Waals surface area contributed by atoms with Crippen molar-refractivity contribution in [2.45, 2.75) is 32.4 Å². The van der Waals surface area contributed by atoms with Gasteiger partial charge in [0.05, 0.1) is 6.04 Å². The standard InChI is InChI=1S/C15H21N3O/c1-11(10-13-4-6-14(19)7-5-13)17-12(2)15-16-8-9-18(15)3/h4-9,11-12,17,19H,10H2,1-3H3. The predicted molar refractivity (Wildman–Crippen MR) is 76.0 cm³/mol. The number of phenols is 1. The van der Waals surface area contributed by atoms with Gasteiger partial charge < -0.3 is 15.0 Å². The van der Waals surface area contributed by atoms with E-state index in [-0.39, 0.29) is 6.04 Å². The Bertz CT molecular complexity index is 518. The molecule has 1 aromatic carbocycles. The lowest BCUT2D eigenvalue weighted by atomic mass is 10.1. The quantitative estimate of drug-likeness (QED) is 0.867. The number of aromatic hydroxyl groups is 1. The normalized spacial score (nSPS) is 14.3. The topological polar surface area (TPSA) is 50.1 Å². The van der Waals surface area contributed by atoms with Gasteiger partial charge in [-0.15, -0.1) is 0 Å². The highest BCUT2D eigenvalue weighted by Crippen LogP contribution is 2.14. The van der Waals surface area contributed by atoms with Crippen molar-refractivity contribution in [3.8, 4) is 5.75 Å². The number of rotatable bonds is 5. The summed E-state index contributed by atoms with van der Waals surface area (Å²) >= 11 is 0. The molecule has 0 aliphatic rings. The molecule has 0 bridgehead atoms. The monoisotopic (exact) mass is 259 g/mol. The summed E-state index contributed by atoms with van der Waals surface area (Å²) < 4.78 is 2.03. The Hall–Kier alpha value is -1.81. The lowest BCUT2D eigenvalue weighted by Gasteiger charge is -2.20. The van der Waals surface area contributed by atoms with E-state index in [2.05, 4.69) is 24.1 Å². The Morgan fingerprint density at radius 3 is 2.53 bits per heavy atom. The van der Waals surface area contributed by atoms with E-state index in [0.717, 1.165) is 12.2 Å². The summed E-state index contributed by atoms with van der Waals surface area (Å²) in [7, 11) is 2.01. The number of hydrogen-bond acceptors (Lipinski definition) is 3. The molecule has 0 saturated carbocycles. The van der Waals surface area contributed by atoms with Crippen LogP contribution < -0.4 is 5.32 Å². The van der Waals surface area contributed by atoms with Gasteiger partial charge in [-0.2, -0.15) is 0 Å². The fraction of sp³-hybridized carbons (Fsp3) is 0.400. The van der Waals surface area contributed by atoms with Crippen LogP contribution in [-0.2, 0) is 13.5 Å². The van der Waals surface area contributed by atoms with Crippen LogP contribution in [0.25, 0.3) is 0 Å². The Morgan fingerprint density at radius 2 is 1.95 bits per heavy atom. The second-order valence-electron chi connectivity index (χ2n) is 5.06. The zero-order valence-corrected chi connectivity index (χ0v) is 11.7. The smallest absolute Gasteiger partial charge is 0.125 e. The molecule has 2 atom stereocenters. The largest absolute Gasteiger partial charge is 0.508 e. The van der Waals surface area contributed by atoms with Gasteiger partial charge in [0.1, 0.15) is 11.6 Å². The van der Waals surface area contributed by atoms with Gasteiger partial charge in [-0.25, -0.2) is 4.98 Å². The van der Waals surface area contributed by atoms with E-state index in [1.165, 1.54) is 5.56 Å². The zero-order valence-electron chi connectivity index (χ0n) is 11.7. The van der Waals surface area contributed by atoms with Crippen LogP contribution in [0.4, 0.5) is 0 Å². The maximum atomic E-state index is 9.27. The van der Waals surface area contributed by atoms with Gasteiger partial charge in [-0.1, -0.05) is 12.1 Å². The number of hydrogen-bond donors (Lipinski definition) is 2. The molecule has 1 aromatic heterocycles. The first-order valence-electron chi connectivity index (χ1n) is 6.57. The first kappa shape index (κ1) is 13.6. The average Bonchev–Trinajstić information content (AvgIpc) is 2.78. The third kappa shape index (κ3) is 3.58. The van der Waals surface area contributed by atoms with E-state index in [0.29, 0.717) is 11.8 Å². The van der Waals surface area contributed by atoms with Gasteiger partial charge in [0.15, 0.2) is 0 Å². The second-order valence-corrected chi connectivity index (χ2v) is 5.06. The minimum absolute atomic E-state index is 0.215. The Labute approximate surface area is 114 Å². The number of nitrogens with one attached hydrogen (secondary N) is 1. The number of aromatic nitrogens is 2. The molecule has 2 unspecified atom stereocenters. The molecule has 0 amide bonds. The Kier molecular flexibility index (Phi) is 4.22. The molecule has 2 aromatic rings. The fourth-order valence-corrected chi connectivity index (χ4v) is 2.34. The summed E-state index contributed by atoms with van der Waals surface area (Å²) in [6.07, 6.45) is 4.70. The Morgan fingerprint density at radius 1 is 1.26 bits per heavy atom. The molecule has 2 N–H and O–H groups in total. The summed E-state index contributed by atoms with van der Waals surface area (Å²) in [5.41, 5.74) is 1.21. The first-order valence-corrected chi connectivity index (χ1v) is 6.57. The van der Waals surface area contributed by atoms with Crippen molar-refractivity contribution in [3.63, 3.8) is 0 Å². The van der Waals surface area contributed by atoms with Gasteiger partial charge in [-0.3, -0.25) is 0 Å². The van der Waals surface area contributed by atoms with Crippen molar-refractivity contribution in [1.29, 1.82) is 0 Å². The summed E-state index contributed by atoms with van der Waals surface area (Å²) in [5, 5.41) is 12.8. The minimum atomic E-state index is 0.215. The molecule has 0 radical (unpaired) electrons. The van der Waals surface area contributed by atoms with Crippen LogP contribution in [0.2, 0.25) is 0 Å². The van der Waals surface area contributed by atoms with E-state index in [1.54, 1.807) is 12.1 Å². The molecule has 4 nitrogen and oxygen atoms in total. The molecule has 0 aliphatic heterocycles. The van der Waals surface area contributed by atoms with Crippen LogP contribution in [0.15, 0.2) is 36.7 Å². The number of phenolic OH excluding ortho intramolecular Hbond substituents is 1. The number of nitrogens with zero attached hydrogens (tertiary/aromatic N) is 2. The van der Waals surface area contributed by atoms with Crippen molar-refractivity contribution in [1.82, 2.24) is 14.9 Å². The summed E-state index contributed by atoms with van der Waals surface area (Å²) in [6, 6.07) is 7.93. The maximum Gasteiger partial charge on any atom is 0.125 e. The van der Waals surface area contributed by atoms with Crippen molar-refractivity contribution < 1.29 is 5.11 Å². The van der Waals surface area contributed by atoms with Gasteiger partial charge in [-0.05, 0) is 38.0 Å². The summed E-state index contributed by atoms with van der Waals surface area (Å²) in [6.45, 7) is 4.28. The van der Waals surface area contributed by atoms with Crippen molar-refractivity contribution in [2.75, 3.05) is 0 Å². The highest BCUT2D eigenvalue weighted by molar-refractivity contribution is 5.26. The second kappa shape index (κ2) is 5.89. The molecular formula is C15H21N3O. The SMILES string of the molecule is CC(Cc1ccc(O)cc1)NC(C)c1nccn1C. The van der Waals surface area contributed by atoms with Crippen LogP contribution in [-0.4, -0.2) is 20.7 Å². The van der Waals surface area contributed by atoms with Crippen LogP contribution in [0.1, 0.15) is 31.3 Å². The van der Waals surface area contributed by atoms with E-state index >= 15 is 0 Å². The molecule has 102 valence electrons. The van der Waals surface area contributed by atoms with Crippen LogP contribution >= 0.6 is 0 Å². The molecule has 0 spiro atoms. The average molecular weight is 259 g/mol. The predicted octanol–water partition coefficient (Wildman–Crippen LogP) is 2.41. The highest BCUT2D eigenvalue weighted by atomic mass is 16.3. The molecule has 1 heterocycles. The molecule has 0 aliphatic carbocycles. The van der Waals surface area contributed by atoms with Crippen LogP contribution in [0.3, 0.4) is 0 Å². The molecular weight excluding hydrogens is 238 g/mol. The molecule has 2 rings (SSSR count). The van der Waals surface area contributed by atoms with Crippen LogP contribution in [0.5, 0.6) is 5.75 Å². The molecule has 0 fully saturated rings. The minimum Gasteiger partial charge on any atom is -0.508 e. The summed E-state index contributed by atoms with van der Waals surface area (Å²) in [5.74, 6) is 1.35. The summed E-state index contributed by atoms with van der Waals surface area (Å²) in [4.78, 5) is 4.35. The first-order chi connectivity index (χ1) is 9.06. The van der Waals surface area contributed by atoms with E-state index in [4.69, 9.17) is 0 Å². The highest BCUT2D eigenvalue weighted by Gasteiger charge is 2.13. The third-order valence-corrected chi connectivity index (χ3v) is 3.26. The van der Waals surface area contributed by atoms with Crippen molar-refractivity contribution in [3.05, 3.63) is 48.0 Å². The number of imidazole rings is 1. The lowest BCUT2D eigenvalue weighted by Crippen LogP contribution is -2.32. The van der Waals surface area contributed by atoms with Gasteiger partial charge >= 0.3 is 0 Å². The molecule has 0 saturated heterocycles. The number of benzene rings is 1. The van der Waals surface area contributed by atoms with Crippen molar-refractivity contribution >= 4 is 0 Å². The van der Waals surface area contributed by atoms with Crippen LogP contribution in [0, 0.1) is 0 Å². The number of aryl methyl sites for hydroxylation is 1.